The molecule has 13 nitrogen and oxygen atoms in total. The first-order valence-corrected chi connectivity index (χ1v) is 19.0. The molecule has 0 radical (unpaired) electrons. The Hall–Kier alpha value is -6.96. The molecule has 2 atom stereocenters. The predicted molar refractivity (Wildman–Crippen MR) is 226 cm³/mol. The van der Waals surface area contributed by atoms with Crippen molar-refractivity contribution in [2.24, 2.45) is 5.73 Å². The zero-order valence-electron chi connectivity index (χ0n) is 34.6. The smallest absolute Gasteiger partial charge is 0.323 e. The number of para-hydroxylation sites is 2. The molecule has 59 heavy (non-hydrogen) atoms. The van der Waals surface area contributed by atoms with Crippen molar-refractivity contribution in [1.82, 2.24) is 24.4 Å². The summed E-state index contributed by atoms with van der Waals surface area (Å²) in [7, 11) is 0. The molecule has 0 saturated heterocycles. The quantitative estimate of drug-likeness (QED) is 0.109. The van der Waals surface area contributed by atoms with Crippen molar-refractivity contribution in [3.05, 3.63) is 131 Å². The largest absolute Gasteiger partial charge is 0.480 e. The van der Waals surface area contributed by atoms with Gasteiger partial charge in [-0.1, -0.05) is 60.7 Å². The van der Waals surface area contributed by atoms with Crippen LogP contribution < -0.4 is 11.1 Å². The number of aromatic nitrogens is 4. The Bertz CT molecular complexity index is 2550. The third-order valence-corrected chi connectivity index (χ3v) is 9.88. The molecule has 2 unspecified atom stereocenters. The number of nitrogens with one attached hydrogen (secondary N) is 1. The first-order valence-electron chi connectivity index (χ1n) is 19.0. The van der Waals surface area contributed by atoms with Gasteiger partial charge in [-0.15, -0.1) is 0 Å². The SMILES string of the molecule is CC(=O)c1cccc2ncn(CC(=O)NC(C)c3ccc(C(C)(C)C#N)cc3)c12.CC(=O)c1cccc2ncn(CC(=O)O)c12.CC(N)c1ccc(C(C)(C)C#N)cc1. The van der Waals surface area contributed by atoms with Crippen molar-refractivity contribution in [1.29, 1.82) is 10.5 Å². The highest BCUT2D eigenvalue weighted by atomic mass is 16.4. The highest BCUT2D eigenvalue weighted by Gasteiger charge is 2.21. The van der Waals surface area contributed by atoms with Crippen LogP contribution in [0.2, 0.25) is 0 Å². The van der Waals surface area contributed by atoms with E-state index in [9.17, 15) is 24.4 Å². The molecule has 0 spiro atoms. The number of Topliss-reactive ketones (excluding diaryl/α,β-unsaturated/α-hetero) is 2. The average Bonchev–Trinajstić information content (AvgIpc) is 3.81. The van der Waals surface area contributed by atoms with E-state index in [0.717, 1.165) is 22.3 Å². The number of aliphatic carboxylic acids is 1. The number of carbonyl (C=O) groups is 4. The Morgan fingerprint density at radius 1 is 0.695 bits per heavy atom. The molecule has 4 N–H and O–H groups in total. The number of benzene rings is 4. The second-order valence-electron chi connectivity index (χ2n) is 15.4. The summed E-state index contributed by atoms with van der Waals surface area (Å²) < 4.78 is 3.17. The van der Waals surface area contributed by atoms with Crippen LogP contribution in [0.4, 0.5) is 0 Å². The lowest BCUT2D eigenvalue weighted by Gasteiger charge is -2.19. The molecule has 0 fully saturated rings. The van der Waals surface area contributed by atoms with E-state index in [1.54, 1.807) is 41.2 Å². The zero-order chi connectivity index (χ0) is 43.7. The van der Waals surface area contributed by atoms with Crippen molar-refractivity contribution < 1.29 is 24.3 Å². The minimum atomic E-state index is -0.961. The van der Waals surface area contributed by atoms with Gasteiger partial charge in [0.2, 0.25) is 5.91 Å². The molecule has 0 aliphatic rings. The van der Waals surface area contributed by atoms with Crippen LogP contribution in [-0.2, 0) is 33.5 Å². The number of carbonyl (C=O) groups excluding carboxylic acids is 3. The predicted octanol–water partition coefficient (Wildman–Crippen LogP) is 7.75. The lowest BCUT2D eigenvalue weighted by Crippen LogP contribution is -2.30. The third kappa shape index (κ3) is 11.1. The molecule has 2 aromatic heterocycles. The number of imidazole rings is 2. The highest BCUT2D eigenvalue weighted by molar-refractivity contribution is 6.06. The van der Waals surface area contributed by atoms with Gasteiger partial charge < -0.3 is 25.3 Å². The summed E-state index contributed by atoms with van der Waals surface area (Å²) in [6, 6.07) is 30.6. The highest BCUT2D eigenvalue weighted by Crippen LogP contribution is 2.25. The van der Waals surface area contributed by atoms with E-state index in [4.69, 9.17) is 16.1 Å². The topological polar surface area (TPSA) is 210 Å². The second kappa shape index (κ2) is 19.0. The first kappa shape index (κ1) is 44.8. The van der Waals surface area contributed by atoms with Crippen LogP contribution in [0, 0.1) is 22.7 Å². The van der Waals surface area contributed by atoms with Crippen LogP contribution >= 0.6 is 0 Å². The molecule has 0 aliphatic heterocycles. The van der Waals surface area contributed by atoms with Crippen LogP contribution in [0.5, 0.6) is 0 Å². The molecule has 6 rings (SSSR count). The summed E-state index contributed by atoms with van der Waals surface area (Å²) in [5.74, 6) is -1.29. The van der Waals surface area contributed by atoms with Gasteiger partial charge in [-0.25, -0.2) is 9.97 Å². The summed E-state index contributed by atoms with van der Waals surface area (Å²) in [5.41, 5.74) is 12.4. The van der Waals surface area contributed by atoms with Crippen molar-refractivity contribution in [2.45, 2.75) is 91.4 Å². The number of ketones is 2. The Morgan fingerprint density at radius 2 is 1.10 bits per heavy atom. The van der Waals surface area contributed by atoms with E-state index in [1.165, 1.54) is 24.7 Å². The monoisotopic (exact) mass is 794 g/mol. The Balaban J connectivity index is 0.000000216. The molecule has 0 bridgehead atoms. The molecule has 13 heteroatoms. The third-order valence-electron chi connectivity index (χ3n) is 9.88. The van der Waals surface area contributed by atoms with E-state index < -0.39 is 16.8 Å². The lowest BCUT2D eigenvalue weighted by molar-refractivity contribution is -0.137. The van der Waals surface area contributed by atoms with Crippen molar-refractivity contribution >= 4 is 45.5 Å². The van der Waals surface area contributed by atoms with Crippen LogP contribution in [0.15, 0.2) is 97.6 Å². The normalized spacial score (nSPS) is 12.1. The maximum atomic E-state index is 12.6. The van der Waals surface area contributed by atoms with Crippen LogP contribution in [0.25, 0.3) is 22.1 Å². The maximum absolute atomic E-state index is 12.6. The van der Waals surface area contributed by atoms with E-state index in [2.05, 4.69) is 27.4 Å². The minimum absolute atomic E-state index is 0.0502. The van der Waals surface area contributed by atoms with Crippen LogP contribution in [0.1, 0.15) is 110 Å². The van der Waals surface area contributed by atoms with Gasteiger partial charge in [-0.2, -0.15) is 10.5 Å². The van der Waals surface area contributed by atoms with E-state index in [1.807, 2.05) is 96.1 Å². The van der Waals surface area contributed by atoms with Gasteiger partial charge in [0, 0.05) is 17.2 Å². The maximum Gasteiger partial charge on any atom is 0.323 e. The van der Waals surface area contributed by atoms with Crippen molar-refractivity contribution in [3.63, 3.8) is 0 Å². The van der Waals surface area contributed by atoms with Gasteiger partial charge >= 0.3 is 5.97 Å². The van der Waals surface area contributed by atoms with E-state index in [-0.39, 0.29) is 42.6 Å². The van der Waals surface area contributed by atoms with Crippen LogP contribution in [0.3, 0.4) is 0 Å². The number of amides is 1. The number of nitrogens with zero attached hydrogens (tertiary/aromatic N) is 6. The fraction of sp³-hybridized carbons (Fsp3) is 0.304. The second-order valence-corrected chi connectivity index (χ2v) is 15.4. The van der Waals surface area contributed by atoms with Gasteiger partial charge in [0.1, 0.15) is 13.1 Å². The molecule has 0 saturated carbocycles. The lowest BCUT2D eigenvalue weighted by atomic mass is 9.85. The minimum Gasteiger partial charge on any atom is -0.480 e. The standard InChI is InChI=1S/C23H24N4O2.C12H16N2.C11H10N2O3/c1-15(17-8-10-18(11-9-17)23(3,4)13-24)26-21(29)12-27-14-25-20-7-5-6-19(16(2)28)22(20)27;1-9(14)10-4-6-11(7-5-10)12(2,3)8-13;1-7(14)8-3-2-4-9-11(8)13(6-12-9)5-10(15)16/h5-11,14-15H,12H2,1-4H3,(H,26,29);4-7,9H,14H2,1-3H3;2-4,6H,5H2,1H3,(H,15,16). The summed E-state index contributed by atoms with van der Waals surface area (Å²) in [6.07, 6.45) is 3.02. The molecule has 1 amide bonds. The number of nitrogens with two attached hydrogens (primary N) is 1. The average molecular weight is 795 g/mol. The van der Waals surface area contributed by atoms with Crippen LogP contribution in [-0.4, -0.2) is 47.7 Å². The van der Waals surface area contributed by atoms with E-state index in [0.29, 0.717) is 33.2 Å². The van der Waals surface area contributed by atoms with Crippen molar-refractivity contribution in [2.75, 3.05) is 0 Å². The summed E-state index contributed by atoms with van der Waals surface area (Å²) >= 11 is 0. The number of rotatable bonds is 11. The molecule has 2 heterocycles. The van der Waals surface area contributed by atoms with E-state index >= 15 is 0 Å². The molecular formula is C46H50N8O5. The number of fused-ring (bicyclic) bond motifs is 2. The van der Waals surface area contributed by atoms with Gasteiger partial charge in [0.25, 0.3) is 0 Å². The summed E-state index contributed by atoms with van der Waals surface area (Å²) in [5, 5.41) is 29.9. The number of nitriles is 2. The number of hydrogen-bond donors (Lipinski definition) is 3. The molecule has 0 aliphatic carbocycles. The molecule has 4 aromatic carbocycles. The number of carboxylic acid groups (broad SMARTS) is 1. The number of hydrogen-bond acceptors (Lipinski definition) is 9. The van der Waals surface area contributed by atoms with Gasteiger partial charge in [0.05, 0.1) is 63.7 Å². The fourth-order valence-electron chi connectivity index (χ4n) is 6.25. The molecular weight excluding hydrogens is 745 g/mol. The Kier molecular flexibility index (Phi) is 14.4. The molecule has 6 aromatic rings. The fourth-order valence-corrected chi connectivity index (χ4v) is 6.25. The zero-order valence-corrected chi connectivity index (χ0v) is 34.6. The Labute approximate surface area is 344 Å². The van der Waals surface area contributed by atoms with Gasteiger partial charge in [-0.05, 0) is 102 Å². The molecule has 304 valence electrons. The first-order chi connectivity index (χ1) is 27.8. The summed E-state index contributed by atoms with van der Waals surface area (Å²) in [6.45, 7) is 14.3. The Morgan fingerprint density at radius 3 is 1.47 bits per heavy atom. The van der Waals surface area contributed by atoms with Gasteiger partial charge in [0.15, 0.2) is 11.6 Å². The summed E-state index contributed by atoms with van der Waals surface area (Å²) in [4.78, 5) is 54.9. The number of carboxylic acids is 1. The van der Waals surface area contributed by atoms with Crippen molar-refractivity contribution in [3.8, 4) is 12.1 Å². The van der Waals surface area contributed by atoms with Gasteiger partial charge in [-0.3, -0.25) is 19.2 Å².